The Balaban J connectivity index is 1.98. The number of nitrogens with zero attached hydrogens (tertiary/aromatic N) is 2. The molecule has 2 N–H and O–H groups in total. The third-order valence-electron chi connectivity index (χ3n) is 3.17. The SMILES string of the molecule is CN(C(=O)c1ccc2nc(N)sc2c1)c1ccccc1F. The summed E-state index contributed by atoms with van der Waals surface area (Å²) in [7, 11) is 1.55. The molecular weight excluding hydrogens is 289 g/mol. The van der Waals surface area contributed by atoms with Gasteiger partial charge in [0.15, 0.2) is 5.13 Å². The van der Waals surface area contributed by atoms with Gasteiger partial charge in [-0.1, -0.05) is 23.5 Å². The van der Waals surface area contributed by atoms with Crippen molar-refractivity contribution in [2.24, 2.45) is 0 Å². The predicted molar refractivity (Wildman–Crippen MR) is 83.2 cm³/mol. The first-order chi connectivity index (χ1) is 10.1. The van der Waals surface area contributed by atoms with Gasteiger partial charge in [0.1, 0.15) is 5.82 Å². The summed E-state index contributed by atoms with van der Waals surface area (Å²) in [5.41, 5.74) is 7.11. The van der Waals surface area contributed by atoms with Crippen LogP contribution in [0.2, 0.25) is 0 Å². The van der Waals surface area contributed by atoms with Crippen LogP contribution in [0, 0.1) is 5.82 Å². The smallest absolute Gasteiger partial charge is 0.258 e. The zero-order valence-electron chi connectivity index (χ0n) is 11.2. The molecule has 21 heavy (non-hydrogen) atoms. The molecule has 6 heteroatoms. The molecule has 1 amide bonds. The molecule has 0 atom stereocenters. The quantitative estimate of drug-likeness (QED) is 0.790. The minimum atomic E-state index is -0.434. The number of hydrogen-bond donors (Lipinski definition) is 1. The number of carbonyl (C=O) groups excluding carboxylic acids is 1. The molecule has 0 aliphatic rings. The lowest BCUT2D eigenvalue weighted by molar-refractivity contribution is 0.0992. The molecule has 0 spiro atoms. The van der Waals surface area contributed by atoms with Gasteiger partial charge in [-0.2, -0.15) is 0 Å². The first-order valence-corrected chi connectivity index (χ1v) is 7.06. The van der Waals surface area contributed by atoms with Crippen LogP contribution in [-0.2, 0) is 0 Å². The molecule has 0 bridgehead atoms. The number of thiazole rings is 1. The minimum absolute atomic E-state index is 0.242. The lowest BCUT2D eigenvalue weighted by Gasteiger charge is -2.17. The van der Waals surface area contributed by atoms with Crippen LogP contribution in [0.3, 0.4) is 0 Å². The molecule has 1 aromatic heterocycles. The van der Waals surface area contributed by atoms with Gasteiger partial charge in [-0.05, 0) is 30.3 Å². The van der Waals surface area contributed by atoms with E-state index in [4.69, 9.17) is 5.73 Å². The highest BCUT2D eigenvalue weighted by molar-refractivity contribution is 7.22. The van der Waals surface area contributed by atoms with Crippen molar-refractivity contribution >= 4 is 38.3 Å². The van der Waals surface area contributed by atoms with Crippen molar-refractivity contribution in [3.05, 3.63) is 53.8 Å². The van der Waals surface area contributed by atoms with Gasteiger partial charge in [0, 0.05) is 12.6 Å². The van der Waals surface area contributed by atoms with Crippen molar-refractivity contribution < 1.29 is 9.18 Å². The van der Waals surface area contributed by atoms with Crippen molar-refractivity contribution in [3.8, 4) is 0 Å². The van der Waals surface area contributed by atoms with Crippen LogP contribution in [0.15, 0.2) is 42.5 Å². The first-order valence-electron chi connectivity index (χ1n) is 6.25. The Morgan fingerprint density at radius 2 is 2.05 bits per heavy atom. The summed E-state index contributed by atoms with van der Waals surface area (Å²) < 4.78 is 14.6. The number of halogens is 1. The fourth-order valence-corrected chi connectivity index (χ4v) is 2.88. The van der Waals surface area contributed by atoms with E-state index in [1.807, 2.05) is 0 Å². The topological polar surface area (TPSA) is 59.2 Å². The van der Waals surface area contributed by atoms with Crippen LogP contribution in [0.1, 0.15) is 10.4 Å². The molecule has 0 aliphatic carbocycles. The highest BCUT2D eigenvalue weighted by atomic mass is 32.1. The molecule has 0 fully saturated rings. The molecule has 106 valence electrons. The van der Waals surface area contributed by atoms with E-state index in [9.17, 15) is 9.18 Å². The number of aromatic nitrogens is 1. The van der Waals surface area contributed by atoms with Gasteiger partial charge in [-0.3, -0.25) is 4.79 Å². The number of nitrogens with two attached hydrogens (primary N) is 1. The third-order valence-corrected chi connectivity index (χ3v) is 4.02. The first kappa shape index (κ1) is 13.5. The van der Waals surface area contributed by atoms with Gasteiger partial charge in [0.05, 0.1) is 15.9 Å². The third kappa shape index (κ3) is 2.45. The van der Waals surface area contributed by atoms with Crippen LogP contribution in [0.25, 0.3) is 10.2 Å². The average molecular weight is 301 g/mol. The summed E-state index contributed by atoms with van der Waals surface area (Å²) in [6.45, 7) is 0. The summed E-state index contributed by atoms with van der Waals surface area (Å²) in [6, 6.07) is 11.3. The zero-order valence-corrected chi connectivity index (χ0v) is 12.0. The van der Waals surface area contributed by atoms with Gasteiger partial charge in [0.25, 0.3) is 5.91 Å². The second-order valence-corrected chi connectivity index (χ2v) is 5.61. The number of carbonyl (C=O) groups is 1. The maximum Gasteiger partial charge on any atom is 0.258 e. The van der Waals surface area contributed by atoms with Crippen LogP contribution in [0.5, 0.6) is 0 Å². The van der Waals surface area contributed by atoms with E-state index in [2.05, 4.69) is 4.98 Å². The predicted octanol–water partition coefficient (Wildman–Crippen LogP) is 3.29. The maximum absolute atomic E-state index is 13.8. The minimum Gasteiger partial charge on any atom is -0.375 e. The summed E-state index contributed by atoms with van der Waals surface area (Å²) in [5.74, 6) is -0.717. The number of para-hydroxylation sites is 1. The summed E-state index contributed by atoms with van der Waals surface area (Å²) >= 11 is 1.32. The van der Waals surface area contributed by atoms with Gasteiger partial charge < -0.3 is 10.6 Å². The lowest BCUT2D eigenvalue weighted by atomic mass is 10.1. The fraction of sp³-hybridized carbons (Fsp3) is 0.0667. The summed E-state index contributed by atoms with van der Waals surface area (Å²) in [5, 5.41) is 0.456. The van der Waals surface area contributed by atoms with Crippen molar-refractivity contribution in [2.45, 2.75) is 0 Å². The molecule has 3 aromatic rings. The van der Waals surface area contributed by atoms with E-state index in [-0.39, 0.29) is 11.6 Å². The Morgan fingerprint density at radius 3 is 2.81 bits per heavy atom. The molecule has 0 radical (unpaired) electrons. The second-order valence-electron chi connectivity index (χ2n) is 4.55. The highest BCUT2D eigenvalue weighted by Crippen LogP contribution is 2.26. The zero-order chi connectivity index (χ0) is 15.0. The number of amides is 1. The van der Waals surface area contributed by atoms with E-state index in [1.165, 1.54) is 22.3 Å². The molecule has 2 aromatic carbocycles. The van der Waals surface area contributed by atoms with Gasteiger partial charge in [0.2, 0.25) is 0 Å². The lowest BCUT2D eigenvalue weighted by Crippen LogP contribution is -2.26. The summed E-state index contributed by atoms with van der Waals surface area (Å²) in [4.78, 5) is 17.9. The number of hydrogen-bond acceptors (Lipinski definition) is 4. The van der Waals surface area contributed by atoms with E-state index >= 15 is 0 Å². The van der Waals surface area contributed by atoms with E-state index in [0.29, 0.717) is 10.7 Å². The molecule has 1 heterocycles. The van der Waals surface area contributed by atoms with E-state index in [0.717, 1.165) is 10.2 Å². The van der Waals surface area contributed by atoms with Gasteiger partial charge in [-0.15, -0.1) is 0 Å². The number of nitrogen functional groups attached to an aromatic ring is 1. The molecule has 0 aliphatic heterocycles. The normalized spacial score (nSPS) is 10.8. The molecule has 0 unspecified atom stereocenters. The van der Waals surface area contributed by atoms with Crippen molar-refractivity contribution in [3.63, 3.8) is 0 Å². The molecule has 0 saturated carbocycles. The molecular formula is C15H12FN3OS. The van der Waals surface area contributed by atoms with Crippen LogP contribution >= 0.6 is 11.3 Å². The second kappa shape index (κ2) is 5.14. The van der Waals surface area contributed by atoms with Gasteiger partial charge >= 0.3 is 0 Å². The van der Waals surface area contributed by atoms with Crippen molar-refractivity contribution in [1.82, 2.24) is 4.98 Å². The average Bonchev–Trinajstić information content (AvgIpc) is 2.85. The van der Waals surface area contributed by atoms with Gasteiger partial charge in [-0.25, -0.2) is 9.37 Å². The Morgan fingerprint density at radius 1 is 1.29 bits per heavy atom. The fourth-order valence-electron chi connectivity index (χ4n) is 2.10. The van der Waals surface area contributed by atoms with E-state index < -0.39 is 5.82 Å². The Hall–Kier alpha value is -2.47. The van der Waals surface area contributed by atoms with Crippen LogP contribution < -0.4 is 10.6 Å². The Kier molecular flexibility index (Phi) is 3.31. The monoisotopic (exact) mass is 301 g/mol. The molecule has 4 nitrogen and oxygen atoms in total. The largest absolute Gasteiger partial charge is 0.375 e. The Labute approximate surface area is 124 Å². The standard InChI is InChI=1S/C15H12FN3OS/c1-19(12-5-3-2-4-10(12)16)14(20)9-6-7-11-13(8-9)21-15(17)18-11/h2-8H,1H3,(H2,17,18). The number of benzene rings is 2. The van der Waals surface area contributed by atoms with E-state index in [1.54, 1.807) is 43.4 Å². The van der Waals surface area contributed by atoms with Crippen LogP contribution in [0.4, 0.5) is 15.2 Å². The number of rotatable bonds is 2. The maximum atomic E-state index is 13.8. The highest BCUT2D eigenvalue weighted by Gasteiger charge is 2.17. The summed E-state index contributed by atoms with van der Waals surface area (Å²) in [6.07, 6.45) is 0. The molecule has 3 rings (SSSR count). The van der Waals surface area contributed by atoms with Crippen LogP contribution in [-0.4, -0.2) is 17.9 Å². The van der Waals surface area contributed by atoms with Crippen molar-refractivity contribution in [2.75, 3.05) is 17.7 Å². The number of anilines is 2. The van der Waals surface area contributed by atoms with Crippen molar-refractivity contribution in [1.29, 1.82) is 0 Å². The Bertz CT molecular complexity index is 831. The molecule has 0 saturated heterocycles. The number of fused-ring (bicyclic) bond motifs is 1.